The molecule has 0 amide bonds. The van der Waals surface area contributed by atoms with Crippen molar-refractivity contribution in [2.45, 2.75) is 73.0 Å². The maximum atomic E-state index is 5.51. The predicted octanol–water partition coefficient (Wildman–Crippen LogP) is 4.02. The van der Waals surface area contributed by atoms with Crippen molar-refractivity contribution in [1.82, 2.24) is 0 Å². The van der Waals surface area contributed by atoms with Crippen LogP contribution in [0.5, 0.6) is 0 Å². The molecule has 1 aliphatic rings. The lowest BCUT2D eigenvalue weighted by Gasteiger charge is -2.05. The molecular formula is C11H26O. The summed E-state index contributed by atoms with van der Waals surface area (Å²) in [6, 6.07) is 0. The Morgan fingerprint density at radius 2 is 1.58 bits per heavy atom. The molecule has 2 unspecified atom stereocenters. The van der Waals surface area contributed by atoms with Crippen molar-refractivity contribution in [2.24, 2.45) is 0 Å². The summed E-state index contributed by atoms with van der Waals surface area (Å²) in [5.41, 5.74) is 0. The molecule has 1 heterocycles. The SMILES string of the molecule is CC.CC.CCC1CCC(C)O1. The van der Waals surface area contributed by atoms with Gasteiger partial charge >= 0.3 is 0 Å². The first kappa shape index (κ1) is 14.5. The minimum atomic E-state index is 0.528. The highest BCUT2D eigenvalue weighted by atomic mass is 16.5. The first-order chi connectivity index (χ1) is 5.83. The van der Waals surface area contributed by atoms with Gasteiger partial charge in [0, 0.05) is 0 Å². The molecule has 0 bridgehead atoms. The lowest BCUT2D eigenvalue weighted by atomic mass is 10.2. The summed E-state index contributed by atoms with van der Waals surface area (Å²) in [6.07, 6.45) is 4.82. The fourth-order valence-electron chi connectivity index (χ4n) is 1.19. The van der Waals surface area contributed by atoms with Crippen LogP contribution >= 0.6 is 0 Å². The molecule has 0 aliphatic carbocycles. The van der Waals surface area contributed by atoms with Crippen molar-refractivity contribution in [1.29, 1.82) is 0 Å². The molecule has 0 radical (unpaired) electrons. The van der Waals surface area contributed by atoms with Gasteiger partial charge in [-0.1, -0.05) is 34.6 Å². The second-order valence-corrected chi connectivity index (χ2v) is 2.55. The van der Waals surface area contributed by atoms with Gasteiger partial charge in [0.2, 0.25) is 0 Å². The van der Waals surface area contributed by atoms with E-state index in [9.17, 15) is 0 Å². The molecule has 0 saturated carbocycles. The van der Waals surface area contributed by atoms with Crippen LogP contribution in [-0.4, -0.2) is 12.2 Å². The molecule has 12 heavy (non-hydrogen) atoms. The van der Waals surface area contributed by atoms with Crippen molar-refractivity contribution in [3.63, 3.8) is 0 Å². The molecule has 76 valence electrons. The van der Waals surface area contributed by atoms with Gasteiger partial charge in [-0.05, 0) is 26.2 Å². The summed E-state index contributed by atoms with van der Waals surface area (Å²) in [4.78, 5) is 0. The van der Waals surface area contributed by atoms with Crippen LogP contribution in [0.25, 0.3) is 0 Å². The van der Waals surface area contributed by atoms with Gasteiger partial charge in [0.1, 0.15) is 0 Å². The maximum Gasteiger partial charge on any atom is 0.0577 e. The Labute approximate surface area is 78.5 Å². The molecule has 0 spiro atoms. The summed E-state index contributed by atoms with van der Waals surface area (Å²) in [5, 5.41) is 0. The molecule has 1 nitrogen and oxygen atoms in total. The highest BCUT2D eigenvalue weighted by Gasteiger charge is 2.18. The first-order valence-corrected chi connectivity index (χ1v) is 5.48. The normalized spacial score (nSPS) is 26.5. The van der Waals surface area contributed by atoms with Gasteiger partial charge in [-0.3, -0.25) is 0 Å². The maximum absolute atomic E-state index is 5.51. The lowest BCUT2D eigenvalue weighted by molar-refractivity contribution is 0.0540. The number of hydrogen-bond acceptors (Lipinski definition) is 1. The lowest BCUT2D eigenvalue weighted by Crippen LogP contribution is -2.05. The third-order valence-corrected chi connectivity index (χ3v) is 1.78. The summed E-state index contributed by atoms with van der Waals surface area (Å²) < 4.78 is 5.51. The van der Waals surface area contributed by atoms with Gasteiger partial charge in [0.15, 0.2) is 0 Å². The Balaban J connectivity index is 0. The third-order valence-electron chi connectivity index (χ3n) is 1.78. The Morgan fingerprint density at radius 3 is 1.75 bits per heavy atom. The summed E-state index contributed by atoms with van der Waals surface area (Å²) in [5.74, 6) is 0. The van der Waals surface area contributed by atoms with E-state index in [-0.39, 0.29) is 0 Å². The van der Waals surface area contributed by atoms with E-state index in [4.69, 9.17) is 4.74 Å². The molecule has 0 aromatic heterocycles. The Morgan fingerprint density at radius 1 is 1.08 bits per heavy atom. The van der Waals surface area contributed by atoms with Gasteiger partial charge in [0.25, 0.3) is 0 Å². The average Bonchev–Trinajstić information content (AvgIpc) is 2.58. The summed E-state index contributed by atoms with van der Waals surface area (Å²) in [7, 11) is 0. The van der Waals surface area contributed by atoms with Gasteiger partial charge in [-0.25, -0.2) is 0 Å². The number of hydrogen-bond donors (Lipinski definition) is 0. The molecule has 0 aromatic rings. The van der Waals surface area contributed by atoms with Crippen LogP contribution in [0.4, 0.5) is 0 Å². The number of ether oxygens (including phenoxy) is 1. The Hall–Kier alpha value is -0.0400. The largest absolute Gasteiger partial charge is 0.375 e. The van der Waals surface area contributed by atoms with Crippen molar-refractivity contribution < 1.29 is 4.74 Å². The fraction of sp³-hybridized carbons (Fsp3) is 1.00. The molecular weight excluding hydrogens is 148 g/mol. The van der Waals surface area contributed by atoms with Crippen LogP contribution in [0.1, 0.15) is 60.8 Å². The summed E-state index contributed by atoms with van der Waals surface area (Å²) >= 11 is 0. The predicted molar refractivity (Wildman–Crippen MR) is 56.6 cm³/mol. The smallest absolute Gasteiger partial charge is 0.0577 e. The van der Waals surface area contributed by atoms with Crippen molar-refractivity contribution >= 4 is 0 Å². The molecule has 0 aromatic carbocycles. The van der Waals surface area contributed by atoms with E-state index >= 15 is 0 Å². The zero-order valence-electron chi connectivity index (χ0n) is 9.68. The van der Waals surface area contributed by atoms with Crippen LogP contribution < -0.4 is 0 Å². The van der Waals surface area contributed by atoms with Crippen LogP contribution in [0, 0.1) is 0 Å². The van der Waals surface area contributed by atoms with Gasteiger partial charge in [-0.2, -0.15) is 0 Å². The van der Waals surface area contributed by atoms with E-state index in [1.54, 1.807) is 0 Å². The minimum Gasteiger partial charge on any atom is -0.375 e. The second kappa shape index (κ2) is 11.0. The summed E-state index contributed by atoms with van der Waals surface area (Å²) in [6.45, 7) is 12.3. The number of rotatable bonds is 1. The van der Waals surface area contributed by atoms with E-state index in [1.807, 2.05) is 27.7 Å². The highest BCUT2D eigenvalue weighted by molar-refractivity contribution is 4.68. The van der Waals surface area contributed by atoms with E-state index in [0.29, 0.717) is 12.2 Å². The van der Waals surface area contributed by atoms with Crippen LogP contribution in [-0.2, 0) is 4.74 Å². The minimum absolute atomic E-state index is 0.528. The van der Waals surface area contributed by atoms with Crippen molar-refractivity contribution in [3.8, 4) is 0 Å². The van der Waals surface area contributed by atoms with Crippen molar-refractivity contribution in [2.75, 3.05) is 0 Å². The first-order valence-electron chi connectivity index (χ1n) is 5.48. The molecule has 1 aliphatic heterocycles. The topological polar surface area (TPSA) is 9.23 Å². The molecule has 1 heteroatoms. The fourth-order valence-corrected chi connectivity index (χ4v) is 1.19. The van der Waals surface area contributed by atoms with Crippen LogP contribution in [0.15, 0.2) is 0 Å². The van der Waals surface area contributed by atoms with Crippen LogP contribution in [0.2, 0.25) is 0 Å². The standard InChI is InChI=1S/C7H14O.2C2H6/c1-3-7-5-4-6(2)8-7;2*1-2/h6-7H,3-5H2,1-2H3;2*1-2H3. The molecule has 0 N–H and O–H groups in total. The highest BCUT2D eigenvalue weighted by Crippen LogP contribution is 2.20. The van der Waals surface area contributed by atoms with Crippen LogP contribution in [0.3, 0.4) is 0 Å². The van der Waals surface area contributed by atoms with E-state index in [0.717, 1.165) is 0 Å². The third kappa shape index (κ3) is 6.66. The van der Waals surface area contributed by atoms with Gasteiger partial charge < -0.3 is 4.74 Å². The van der Waals surface area contributed by atoms with E-state index in [2.05, 4.69) is 13.8 Å². The molecule has 1 fully saturated rings. The zero-order chi connectivity index (χ0) is 9.98. The molecule has 2 atom stereocenters. The Kier molecular flexibility index (Phi) is 13.2. The average molecular weight is 174 g/mol. The van der Waals surface area contributed by atoms with Gasteiger partial charge in [-0.15, -0.1) is 0 Å². The Bertz CT molecular complexity index is 71.4. The zero-order valence-corrected chi connectivity index (χ0v) is 9.68. The molecule has 1 saturated heterocycles. The van der Waals surface area contributed by atoms with E-state index in [1.165, 1.54) is 19.3 Å². The van der Waals surface area contributed by atoms with Gasteiger partial charge in [0.05, 0.1) is 12.2 Å². The monoisotopic (exact) mass is 174 g/mol. The molecule has 1 rings (SSSR count). The quantitative estimate of drug-likeness (QED) is 0.583. The van der Waals surface area contributed by atoms with Crippen molar-refractivity contribution in [3.05, 3.63) is 0 Å². The van der Waals surface area contributed by atoms with E-state index < -0.39 is 0 Å². The second-order valence-electron chi connectivity index (χ2n) is 2.55.